The number of rotatable bonds is 8. The number of carbonyl (C=O) groups is 3. The maximum absolute atomic E-state index is 12.1. The zero-order valence-electron chi connectivity index (χ0n) is 18.4. The van der Waals surface area contributed by atoms with E-state index in [1.807, 2.05) is 0 Å². The van der Waals surface area contributed by atoms with E-state index in [4.69, 9.17) is 32.7 Å². The van der Waals surface area contributed by atoms with Gasteiger partial charge in [-0.05, 0) is 60.2 Å². The minimum absolute atomic E-state index is 0.199. The second-order valence-electron chi connectivity index (χ2n) is 6.89. The number of amides is 3. The summed E-state index contributed by atoms with van der Waals surface area (Å²) in [5.41, 5.74) is 3.62. The van der Waals surface area contributed by atoms with Crippen molar-refractivity contribution in [2.24, 2.45) is 5.10 Å². The van der Waals surface area contributed by atoms with Gasteiger partial charge in [0, 0.05) is 5.69 Å². The van der Waals surface area contributed by atoms with E-state index in [9.17, 15) is 14.4 Å². The van der Waals surface area contributed by atoms with Crippen molar-refractivity contribution in [2.45, 2.75) is 0 Å². The molecule has 0 saturated carbocycles. The minimum atomic E-state index is -0.965. The van der Waals surface area contributed by atoms with Crippen molar-refractivity contribution in [3.63, 3.8) is 0 Å². The Kier molecular flexibility index (Phi) is 9.05. The van der Waals surface area contributed by atoms with E-state index in [-0.39, 0.29) is 17.5 Å². The number of benzene rings is 3. The lowest BCUT2D eigenvalue weighted by molar-refractivity contribution is -0.136. The molecule has 3 N–H and O–H groups in total. The average Bonchev–Trinajstić information content (AvgIpc) is 2.86. The van der Waals surface area contributed by atoms with Crippen LogP contribution in [0.15, 0.2) is 71.8 Å². The van der Waals surface area contributed by atoms with Gasteiger partial charge in [-0.3, -0.25) is 14.4 Å². The van der Waals surface area contributed by atoms with Crippen LogP contribution in [0.25, 0.3) is 0 Å². The molecular weight excluding hydrogens is 495 g/mol. The van der Waals surface area contributed by atoms with E-state index in [2.05, 4.69) is 21.2 Å². The lowest BCUT2D eigenvalue weighted by Crippen LogP contribution is -2.32. The van der Waals surface area contributed by atoms with Crippen molar-refractivity contribution in [3.8, 4) is 11.5 Å². The van der Waals surface area contributed by atoms with Crippen molar-refractivity contribution < 1.29 is 23.9 Å². The second kappa shape index (κ2) is 12.4. The molecule has 3 aromatic rings. The third kappa shape index (κ3) is 7.73. The number of halogens is 2. The Labute approximate surface area is 211 Å². The Bertz CT molecular complexity index is 1250. The van der Waals surface area contributed by atoms with E-state index in [0.29, 0.717) is 33.5 Å². The molecule has 3 rings (SSSR count). The molecule has 0 bridgehead atoms. The lowest BCUT2D eigenvalue weighted by Gasteiger charge is -2.10. The molecule has 0 unspecified atom stereocenters. The fraction of sp³-hybridized carbons (Fsp3) is 0.0833. The molecular formula is C24H20Cl2N4O5. The van der Waals surface area contributed by atoms with Crippen molar-refractivity contribution in [1.82, 2.24) is 5.43 Å². The normalized spacial score (nSPS) is 10.5. The number of hydrogen-bond acceptors (Lipinski definition) is 6. The molecule has 0 aromatic heterocycles. The maximum Gasteiger partial charge on any atom is 0.329 e. The van der Waals surface area contributed by atoms with Crippen molar-refractivity contribution in [3.05, 3.63) is 82.3 Å². The largest absolute Gasteiger partial charge is 0.495 e. The van der Waals surface area contributed by atoms with Gasteiger partial charge in [0.25, 0.3) is 5.91 Å². The summed E-state index contributed by atoms with van der Waals surface area (Å²) in [7, 11) is 1.52. The number of para-hydroxylation sites is 2. The summed E-state index contributed by atoms with van der Waals surface area (Å²) >= 11 is 11.7. The molecule has 0 aliphatic heterocycles. The van der Waals surface area contributed by atoms with Crippen LogP contribution in [-0.2, 0) is 14.4 Å². The number of carbonyl (C=O) groups excluding carboxylic acids is 3. The Morgan fingerprint density at radius 3 is 2.37 bits per heavy atom. The summed E-state index contributed by atoms with van der Waals surface area (Å²) in [5.74, 6) is -1.23. The van der Waals surface area contributed by atoms with Crippen LogP contribution < -0.4 is 25.5 Å². The number of nitrogens with zero attached hydrogens (tertiary/aromatic N) is 1. The second-order valence-corrected chi connectivity index (χ2v) is 7.70. The summed E-state index contributed by atoms with van der Waals surface area (Å²) in [6, 6.07) is 18.1. The van der Waals surface area contributed by atoms with Crippen molar-refractivity contribution in [1.29, 1.82) is 0 Å². The summed E-state index contributed by atoms with van der Waals surface area (Å²) in [5, 5.41) is 9.42. The van der Waals surface area contributed by atoms with Gasteiger partial charge in [-0.25, -0.2) is 5.43 Å². The Morgan fingerprint density at radius 2 is 1.66 bits per heavy atom. The smallest absolute Gasteiger partial charge is 0.329 e. The molecule has 0 atom stereocenters. The van der Waals surface area contributed by atoms with Crippen LogP contribution >= 0.6 is 23.2 Å². The van der Waals surface area contributed by atoms with Gasteiger partial charge in [-0.2, -0.15) is 5.10 Å². The quantitative estimate of drug-likeness (QED) is 0.237. The summed E-state index contributed by atoms with van der Waals surface area (Å²) in [6.45, 7) is -0.199. The molecule has 0 spiro atoms. The molecule has 0 radical (unpaired) electrons. The highest BCUT2D eigenvalue weighted by molar-refractivity contribution is 6.43. The van der Waals surface area contributed by atoms with Crippen molar-refractivity contribution >= 4 is 58.5 Å². The van der Waals surface area contributed by atoms with Crippen LogP contribution in [0.1, 0.15) is 5.56 Å². The minimum Gasteiger partial charge on any atom is -0.495 e. The van der Waals surface area contributed by atoms with Crippen molar-refractivity contribution in [2.75, 3.05) is 24.4 Å². The highest BCUT2D eigenvalue weighted by Crippen LogP contribution is 2.25. The third-order valence-corrected chi connectivity index (χ3v) is 5.13. The van der Waals surface area contributed by atoms with Crippen LogP contribution in [0.3, 0.4) is 0 Å². The highest BCUT2D eigenvalue weighted by atomic mass is 35.5. The maximum atomic E-state index is 12.1. The first kappa shape index (κ1) is 25.5. The van der Waals surface area contributed by atoms with Gasteiger partial charge in [-0.1, -0.05) is 35.3 Å². The predicted octanol–water partition coefficient (Wildman–Crippen LogP) is 4.11. The molecule has 0 saturated heterocycles. The first-order chi connectivity index (χ1) is 16.9. The Morgan fingerprint density at radius 1 is 0.914 bits per heavy atom. The van der Waals surface area contributed by atoms with E-state index < -0.39 is 11.8 Å². The Hall–Kier alpha value is -4.08. The Balaban J connectivity index is 1.44. The van der Waals surface area contributed by atoms with Gasteiger partial charge in [0.05, 0.1) is 29.1 Å². The molecule has 35 heavy (non-hydrogen) atoms. The molecule has 0 aliphatic carbocycles. The molecule has 3 amide bonds. The molecule has 180 valence electrons. The topological polar surface area (TPSA) is 118 Å². The van der Waals surface area contributed by atoms with Crippen LogP contribution in [0.4, 0.5) is 11.4 Å². The third-order valence-electron chi connectivity index (χ3n) is 4.39. The van der Waals surface area contributed by atoms with Crippen LogP contribution in [0, 0.1) is 0 Å². The molecule has 0 fully saturated rings. The fourth-order valence-corrected chi connectivity index (χ4v) is 3.01. The lowest BCUT2D eigenvalue weighted by atomic mass is 10.2. The molecule has 11 heteroatoms. The van der Waals surface area contributed by atoms with Crippen LogP contribution in [0.5, 0.6) is 11.5 Å². The molecule has 0 heterocycles. The molecule has 3 aromatic carbocycles. The number of anilines is 2. The zero-order chi connectivity index (χ0) is 25.2. The SMILES string of the molecule is COc1ccccc1NC(=O)COc1ccc(/C=N\NC(=O)C(=O)Nc2ccc(Cl)c(Cl)c2)cc1. The van der Waals surface area contributed by atoms with Crippen LogP contribution in [0.2, 0.25) is 10.0 Å². The predicted molar refractivity (Wildman–Crippen MR) is 134 cm³/mol. The van der Waals surface area contributed by atoms with E-state index in [0.717, 1.165) is 0 Å². The van der Waals surface area contributed by atoms with E-state index >= 15 is 0 Å². The summed E-state index contributed by atoms with van der Waals surface area (Å²) in [4.78, 5) is 36.0. The zero-order valence-corrected chi connectivity index (χ0v) is 19.9. The van der Waals surface area contributed by atoms with Gasteiger partial charge >= 0.3 is 11.8 Å². The van der Waals surface area contributed by atoms with Gasteiger partial charge in [-0.15, -0.1) is 0 Å². The fourth-order valence-electron chi connectivity index (χ4n) is 2.71. The average molecular weight is 515 g/mol. The number of hydrazone groups is 1. The van der Waals surface area contributed by atoms with Gasteiger partial charge in [0.2, 0.25) is 0 Å². The monoisotopic (exact) mass is 514 g/mol. The van der Waals surface area contributed by atoms with Crippen LogP contribution in [-0.4, -0.2) is 37.7 Å². The number of nitrogens with one attached hydrogen (secondary N) is 3. The first-order valence-corrected chi connectivity index (χ1v) is 10.9. The first-order valence-electron chi connectivity index (χ1n) is 10.1. The number of ether oxygens (including phenoxy) is 2. The highest BCUT2D eigenvalue weighted by Gasteiger charge is 2.13. The van der Waals surface area contributed by atoms with E-state index in [1.54, 1.807) is 48.5 Å². The molecule has 9 nitrogen and oxygen atoms in total. The van der Waals surface area contributed by atoms with E-state index in [1.165, 1.54) is 31.5 Å². The standard InChI is InChI=1S/C24H20Cl2N4O5/c1-34-21-5-3-2-4-20(21)29-22(31)14-35-17-9-6-15(7-10-17)13-27-30-24(33)23(32)28-16-8-11-18(25)19(26)12-16/h2-13H,14H2,1H3,(H,28,32)(H,29,31)(H,30,33)/b27-13-. The van der Waals surface area contributed by atoms with Gasteiger partial charge in [0.1, 0.15) is 11.5 Å². The van der Waals surface area contributed by atoms with Gasteiger partial charge < -0.3 is 20.1 Å². The summed E-state index contributed by atoms with van der Waals surface area (Å²) in [6.07, 6.45) is 1.35. The molecule has 0 aliphatic rings. The van der Waals surface area contributed by atoms with Gasteiger partial charge in [0.15, 0.2) is 6.61 Å². The number of hydrogen-bond donors (Lipinski definition) is 3. The summed E-state index contributed by atoms with van der Waals surface area (Å²) < 4.78 is 10.7. The number of methoxy groups -OCH3 is 1.